The average Bonchev–Trinajstić information content (AvgIpc) is 3.38. The third-order valence-electron chi connectivity index (χ3n) is 8.49. The van der Waals surface area contributed by atoms with E-state index in [1.165, 1.54) is 0 Å². The number of carbonyl (C=O) groups is 2. The van der Waals surface area contributed by atoms with Crippen molar-refractivity contribution >= 4 is 11.7 Å². The number of ketones is 1. The molecule has 6 atom stereocenters. The summed E-state index contributed by atoms with van der Waals surface area (Å²) in [6.45, 7) is 9.54. The molecule has 1 aromatic carbocycles. The number of nitrogens with one attached hydrogen (secondary N) is 1. The maximum absolute atomic E-state index is 12.4. The van der Waals surface area contributed by atoms with Crippen LogP contribution in [-0.4, -0.2) is 97.9 Å². The molecular weight excluding hydrogens is 598 g/mol. The molecule has 0 bridgehead atoms. The maximum Gasteiger partial charge on any atom is 0.238 e. The molecule has 1 aliphatic heterocycles. The molecule has 0 spiro atoms. The number of hydrogen-bond acceptors (Lipinski definition) is 11. The lowest BCUT2D eigenvalue weighted by molar-refractivity contribution is -0.278. The van der Waals surface area contributed by atoms with Gasteiger partial charge in [-0.25, -0.2) is 0 Å². The molecule has 1 saturated heterocycles. The van der Waals surface area contributed by atoms with Crippen molar-refractivity contribution in [2.75, 3.05) is 19.8 Å². The predicted molar refractivity (Wildman–Crippen MR) is 168 cm³/mol. The number of Topliss-reactive ketones (excluding diaryl/α,β-unsaturated/α-hetero) is 1. The monoisotopic (exact) mass is 649 g/mol. The van der Waals surface area contributed by atoms with Crippen LogP contribution < -0.4 is 15.2 Å². The molecule has 0 saturated carbocycles. The number of nitrogens with zero attached hydrogens (tertiary/aromatic N) is 1. The number of primary amides is 1. The van der Waals surface area contributed by atoms with Crippen molar-refractivity contribution < 1.29 is 49.3 Å². The summed E-state index contributed by atoms with van der Waals surface area (Å²) < 4.78 is 17.4. The SMILES string of the molecule is Cc1cc(OCCCCC(C)(C)CC(=O)C[C@@H](CO)C(N)=O)ccc1Cc1c(O[C@@H]2O[C@H](CO)[C@@H](O)[C@H](O)[C@H]2O)n[nH]c1C(C)C. The van der Waals surface area contributed by atoms with E-state index in [0.29, 0.717) is 19.4 Å². The molecule has 258 valence electrons. The van der Waals surface area contributed by atoms with Crippen molar-refractivity contribution in [2.45, 2.75) is 110 Å². The Morgan fingerprint density at radius 3 is 2.43 bits per heavy atom. The van der Waals surface area contributed by atoms with Gasteiger partial charge in [-0.2, -0.15) is 0 Å². The van der Waals surface area contributed by atoms with Crippen molar-refractivity contribution in [3.8, 4) is 11.6 Å². The lowest BCUT2D eigenvalue weighted by Crippen LogP contribution is -2.60. The Hall–Kier alpha value is -3.07. The van der Waals surface area contributed by atoms with Crippen molar-refractivity contribution in [1.29, 1.82) is 0 Å². The number of unbranched alkanes of at least 4 members (excludes halogenated alkanes) is 1. The van der Waals surface area contributed by atoms with E-state index in [9.17, 15) is 35.1 Å². The lowest BCUT2D eigenvalue weighted by Gasteiger charge is -2.39. The Balaban J connectivity index is 1.57. The summed E-state index contributed by atoms with van der Waals surface area (Å²) in [5.74, 6) is -0.590. The van der Waals surface area contributed by atoms with E-state index in [1.54, 1.807) is 0 Å². The topological polar surface area (TPSA) is 218 Å². The second-order valence-electron chi connectivity index (χ2n) is 13.3. The molecule has 1 aromatic heterocycles. The van der Waals surface area contributed by atoms with Crippen molar-refractivity contribution in [1.82, 2.24) is 10.2 Å². The van der Waals surface area contributed by atoms with Crippen LogP contribution in [0.15, 0.2) is 18.2 Å². The minimum absolute atomic E-state index is 0.0420. The quantitative estimate of drug-likeness (QED) is 0.115. The van der Waals surface area contributed by atoms with E-state index in [1.807, 2.05) is 52.8 Å². The number of carbonyl (C=O) groups excluding carboxylic acids is 2. The molecule has 13 nitrogen and oxygen atoms in total. The Bertz CT molecular complexity index is 1290. The summed E-state index contributed by atoms with van der Waals surface area (Å²) in [5, 5.41) is 56.8. The second kappa shape index (κ2) is 16.7. The number of rotatable bonds is 18. The standard InChI is InChI=1S/C33H51N3O10/c1-18(2)26-24(31(36-35-26)46-32-29(42)28(41)27(40)25(17-38)45-32)14-20-8-9-23(12-19(20)3)44-11-7-6-10-33(4,5)15-22(39)13-21(16-37)30(34)43/h8-9,12,18,21,25,27-29,32,37-38,40-42H,6-7,10-11,13-17H2,1-5H3,(H2,34,43)(H,35,36)/t21-,25+,27+,28-,29+,32-/m0/s1. The molecule has 3 rings (SSSR count). The van der Waals surface area contributed by atoms with Crippen LogP contribution in [0.25, 0.3) is 0 Å². The number of ether oxygens (including phenoxy) is 3. The number of aromatic amines is 1. The highest BCUT2D eigenvalue weighted by atomic mass is 16.7. The van der Waals surface area contributed by atoms with Gasteiger partial charge in [-0.1, -0.05) is 33.8 Å². The molecule has 2 aromatic rings. The first-order valence-corrected chi connectivity index (χ1v) is 15.9. The van der Waals surface area contributed by atoms with Crippen LogP contribution in [0, 0.1) is 18.3 Å². The third kappa shape index (κ3) is 9.96. The van der Waals surface area contributed by atoms with Gasteiger partial charge in [-0.05, 0) is 60.8 Å². The number of aryl methyl sites for hydroxylation is 1. The second-order valence-corrected chi connectivity index (χ2v) is 13.3. The highest BCUT2D eigenvalue weighted by Gasteiger charge is 2.45. The molecule has 8 N–H and O–H groups in total. The fourth-order valence-corrected chi connectivity index (χ4v) is 5.65. The molecule has 13 heteroatoms. The summed E-state index contributed by atoms with van der Waals surface area (Å²) in [4.78, 5) is 23.7. The Labute approximate surface area is 270 Å². The van der Waals surface area contributed by atoms with E-state index in [-0.39, 0.29) is 29.4 Å². The van der Waals surface area contributed by atoms with Crippen LogP contribution >= 0.6 is 0 Å². The van der Waals surface area contributed by atoms with Crippen LogP contribution in [0.3, 0.4) is 0 Å². The van der Waals surface area contributed by atoms with Gasteiger partial charge in [0.15, 0.2) is 0 Å². The lowest BCUT2D eigenvalue weighted by atomic mass is 9.81. The Morgan fingerprint density at radius 2 is 1.83 bits per heavy atom. The summed E-state index contributed by atoms with van der Waals surface area (Å²) in [7, 11) is 0. The van der Waals surface area contributed by atoms with Crippen LogP contribution in [0.1, 0.15) is 88.1 Å². The fourth-order valence-electron chi connectivity index (χ4n) is 5.65. The van der Waals surface area contributed by atoms with Gasteiger partial charge in [-0.3, -0.25) is 14.7 Å². The average molecular weight is 650 g/mol. The maximum atomic E-state index is 12.4. The van der Waals surface area contributed by atoms with Crippen molar-refractivity contribution in [2.24, 2.45) is 17.1 Å². The molecule has 46 heavy (non-hydrogen) atoms. The van der Waals surface area contributed by atoms with Gasteiger partial charge < -0.3 is 45.5 Å². The first-order valence-electron chi connectivity index (χ1n) is 15.9. The zero-order valence-electron chi connectivity index (χ0n) is 27.4. The highest BCUT2D eigenvalue weighted by molar-refractivity contribution is 5.86. The fraction of sp³-hybridized carbons (Fsp3) is 0.667. The number of benzene rings is 1. The first-order chi connectivity index (χ1) is 21.7. The summed E-state index contributed by atoms with van der Waals surface area (Å²) >= 11 is 0. The molecule has 2 heterocycles. The zero-order valence-corrected chi connectivity index (χ0v) is 27.4. The van der Waals surface area contributed by atoms with Gasteiger partial charge in [0.05, 0.1) is 25.7 Å². The first kappa shape index (κ1) is 37.4. The van der Waals surface area contributed by atoms with E-state index in [4.69, 9.17) is 19.9 Å². The van der Waals surface area contributed by atoms with Gasteiger partial charge in [0.1, 0.15) is 35.9 Å². The summed E-state index contributed by atoms with van der Waals surface area (Å²) in [6.07, 6.45) is -3.87. The van der Waals surface area contributed by atoms with Crippen molar-refractivity contribution in [3.05, 3.63) is 40.6 Å². The largest absolute Gasteiger partial charge is 0.494 e. The van der Waals surface area contributed by atoms with E-state index >= 15 is 0 Å². The number of aliphatic hydroxyl groups is 5. The number of nitrogens with two attached hydrogens (primary N) is 1. The number of aliphatic hydroxyl groups excluding tert-OH is 5. The minimum atomic E-state index is -1.56. The number of H-pyrrole nitrogens is 1. The summed E-state index contributed by atoms with van der Waals surface area (Å²) in [6, 6.07) is 5.83. The Morgan fingerprint density at radius 1 is 1.11 bits per heavy atom. The molecule has 1 amide bonds. The van der Waals surface area contributed by atoms with Gasteiger partial charge >= 0.3 is 0 Å². The zero-order chi connectivity index (χ0) is 34.2. The van der Waals surface area contributed by atoms with Crippen LogP contribution in [0.4, 0.5) is 0 Å². The molecule has 0 unspecified atom stereocenters. The van der Waals surface area contributed by atoms with E-state index in [2.05, 4.69) is 10.2 Å². The number of aromatic nitrogens is 2. The molecule has 0 radical (unpaired) electrons. The molecular formula is C33H51N3O10. The van der Waals surface area contributed by atoms with Crippen molar-refractivity contribution in [3.63, 3.8) is 0 Å². The van der Waals surface area contributed by atoms with E-state index < -0.39 is 55.7 Å². The highest BCUT2D eigenvalue weighted by Crippen LogP contribution is 2.33. The van der Waals surface area contributed by atoms with Crippen LogP contribution in [0.2, 0.25) is 0 Å². The van der Waals surface area contributed by atoms with Gasteiger partial charge in [0, 0.05) is 30.5 Å². The van der Waals surface area contributed by atoms with E-state index in [0.717, 1.165) is 47.4 Å². The number of amides is 1. The van der Waals surface area contributed by atoms with Gasteiger partial charge in [0.25, 0.3) is 0 Å². The normalized spacial score (nSPS) is 22.5. The predicted octanol–water partition coefficient (Wildman–Crippen LogP) is 1.63. The minimum Gasteiger partial charge on any atom is -0.494 e. The van der Waals surface area contributed by atoms with Crippen LogP contribution in [0.5, 0.6) is 11.6 Å². The Kier molecular flexibility index (Phi) is 13.5. The van der Waals surface area contributed by atoms with Gasteiger partial charge in [0.2, 0.25) is 18.1 Å². The summed E-state index contributed by atoms with van der Waals surface area (Å²) in [5.41, 5.74) is 8.57. The third-order valence-corrected chi connectivity index (χ3v) is 8.49. The number of hydrogen-bond donors (Lipinski definition) is 7. The molecule has 1 fully saturated rings. The van der Waals surface area contributed by atoms with Gasteiger partial charge in [-0.15, -0.1) is 5.10 Å². The smallest absolute Gasteiger partial charge is 0.238 e. The molecule has 0 aliphatic carbocycles. The molecule has 1 aliphatic rings. The van der Waals surface area contributed by atoms with Crippen LogP contribution in [-0.2, 0) is 20.7 Å².